The van der Waals surface area contributed by atoms with Crippen LogP contribution in [0.25, 0.3) is 0 Å². The molecule has 3 nitrogen and oxygen atoms in total. The summed E-state index contributed by atoms with van der Waals surface area (Å²) in [4.78, 5) is 2.59. The Kier molecular flexibility index (Phi) is 11.2. The predicted octanol–water partition coefficient (Wildman–Crippen LogP) is 5.78. The zero-order valence-corrected chi connectivity index (χ0v) is 18.0. The van der Waals surface area contributed by atoms with Gasteiger partial charge in [0, 0.05) is 13.1 Å². The second kappa shape index (κ2) is 12.6. The van der Waals surface area contributed by atoms with Gasteiger partial charge in [-0.15, -0.1) is 17.0 Å². The second-order valence-corrected chi connectivity index (χ2v) is 6.98. The summed E-state index contributed by atoms with van der Waals surface area (Å²) >= 11 is 0. The van der Waals surface area contributed by atoms with Gasteiger partial charge in [0.25, 0.3) is 0 Å². The van der Waals surface area contributed by atoms with Crippen molar-refractivity contribution in [3.8, 4) is 11.5 Å². The number of hydrogen-bond acceptors (Lipinski definition) is 3. The van der Waals surface area contributed by atoms with Crippen molar-refractivity contribution in [2.45, 2.75) is 71.3 Å². The maximum absolute atomic E-state index is 5.45. The van der Waals surface area contributed by atoms with Crippen LogP contribution < -0.4 is 9.47 Å². The molecule has 0 saturated carbocycles. The van der Waals surface area contributed by atoms with E-state index in [9.17, 15) is 0 Å². The number of hydrogen-bond donors (Lipinski definition) is 0. The van der Waals surface area contributed by atoms with Gasteiger partial charge in [0.1, 0.15) is 0 Å². The molecule has 1 aromatic rings. The summed E-state index contributed by atoms with van der Waals surface area (Å²) in [5.74, 6) is 1.71. The third kappa shape index (κ3) is 7.18. The van der Waals surface area contributed by atoms with Crippen LogP contribution in [0.5, 0.6) is 11.5 Å². The van der Waals surface area contributed by atoms with Crippen molar-refractivity contribution in [3.63, 3.8) is 0 Å². The molecule has 0 aliphatic carbocycles. The highest BCUT2D eigenvalue weighted by molar-refractivity contribution is 8.93. The third-order valence-corrected chi connectivity index (χ3v) is 5.13. The highest BCUT2D eigenvalue weighted by atomic mass is 79.9. The van der Waals surface area contributed by atoms with E-state index in [0.717, 1.165) is 24.5 Å². The van der Waals surface area contributed by atoms with Gasteiger partial charge in [-0.25, -0.2) is 0 Å². The highest BCUT2D eigenvalue weighted by Gasteiger charge is 2.18. The fourth-order valence-electron chi connectivity index (χ4n) is 3.60. The van der Waals surface area contributed by atoms with Crippen molar-refractivity contribution >= 4 is 17.0 Å². The van der Waals surface area contributed by atoms with Gasteiger partial charge in [0.05, 0.1) is 14.2 Å². The molecule has 0 radical (unpaired) electrons. The van der Waals surface area contributed by atoms with Gasteiger partial charge in [-0.1, -0.05) is 51.9 Å². The van der Waals surface area contributed by atoms with E-state index in [-0.39, 0.29) is 17.0 Å². The average molecular weight is 414 g/mol. The molecular formula is C21H36BrNO2. The minimum absolute atomic E-state index is 0. The summed E-state index contributed by atoms with van der Waals surface area (Å²) in [6, 6.07) is 4.32. The number of rotatable bonds is 11. The maximum atomic E-state index is 5.45. The van der Waals surface area contributed by atoms with Crippen molar-refractivity contribution in [2.24, 2.45) is 0 Å². The third-order valence-electron chi connectivity index (χ3n) is 5.13. The summed E-state index contributed by atoms with van der Waals surface area (Å²) in [5.41, 5.74) is 2.82. The topological polar surface area (TPSA) is 21.7 Å². The molecule has 0 bridgehead atoms. The van der Waals surface area contributed by atoms with Crippen LogP contribution in [0.1, 0.15) is 69.4 Å². The zero-order chi connectivity index (χ0) is 17.2. The molecule has 0 fully saturated rings. The van der Waals surface area contributed by atoms with Crippen molar-refractivity contribution in [1.82, 2.24) is 4.90 Å². The van der Waals surface area contributed by atoms with Crippen LogP contribution in [0.2, 0.25) is 0 Å². The Morgan fingerprint density at radius 3 is 2.00 bits per heavy atom. The zero-order valence-electron chi connectivity index (χ0n) is 16.3. The summed E-state index contributed by atoms with van der Waals surface area (Å²) in [7, 11) is 3.42. The maximum Gasteiger partial charge on any atom is 0.161 e. The lowest BCUT2D eigenvalue weighted by molar-refractivity contribution is 0.246. The Balaban J connectivity index is 0.00000312. The van der Waals surface area contributed by atoms with E-state index in [1.165, 1.54) is 75.6 Å². The summed E-state index contributed by atoms with van der Waals surface area (Å²) < 4.78 is 10.9. The number of benzene rings is 1. The Morgan fingerprint density at radius 1 is 0.840 bits per heavy atom. The molecule has 0 atom stereocenters. The molecule has 25 heavy (non-hydrogen) atoms. The van der Waals surface area contributed by atoms with E-state index in [4.69, 9.17) is 9.47 Å². The number of unbranched alkanes of at least 4 members (excludes halogenated alkanes) is 7. The molecule has 0 aromatic heterocycles. The van der Waals surface area contributed by atoms with Gasteiger partial charge in [-0.3, -0.25) is 4.90 Å². The predicted molar refractivity (Wildman–Crippen MR) is 111 cm³/mol. The lowest BCUT2D eigenvalue weighted by Gasteiger charge is -2.29. The number of halogens is 1. The van der Waals surface area contributed by atoms with Gasteiger partial charge in [-0.05, 0) is 42.6 Å². The lowest BCUT2D eigenvalue weighted by Crippen LogP contribution is -2.31. The molecule has 2 rings (SSSR count). The normalized spacial score (nSPS) is 13.9. The smallest absolute Gasteiger partial charge is 0.161 e. The summed E-state index contributed by atoms with van der Waals surface area (Å²) in [6.07, 6.45) is 12.2. The molecule has 1 aliphatic heterocycles. The quantitative estimate of drug-likeness (QED) is 0.429. The Morgan fingerprint density at radius 2 is 1.40 bits per heavy atom. The molecule has 0 saturated heterocycles. The summed E-state index contributed by atoms with van der Waals surface area (Å²) in [5, 5.41) is 0. The molecule has 144 valence electrons. The molecule has 1 aromatic carbocycles. The van der Waals surface area contributed by atoms with Crippen molar-refractivity contribution < 1.29 is 9.47 Å². The first-order valence-electron chi connectivity index (χ1n) is 9.74. The monoisotopic (exact) mass is 413 g/mol. The minimum atomic E-state index is 0. The van der Waals surface area contributed by atoms with Gasteiger partial charge >= 0.3 is 0 Å². The van der Waals surface area contributed by atoms with E-state index in [2.05, 4.69) is 24.0 Å². The van der Waals surface area contributed by atoms with Crippen LogP contribution in [-0.4, -0.2) is 32.2 Å². The largest absolute Gasteiger partial charge is 0.493 e. The van der Waals surface area contributed by atoms with Gasteiger partial charge < -0.3 is 9.47 Å². The Hall–Kier alpha value is -0.740. The van der Waals surface area contributed by atoms with E-state index in [0.29, 0.717) is 0 Å². The number of methoxy groups -OCH3 is 2. The molecule has 1 heterocycles. The minimum Gasteiger partial charge on any atom is -0.493 e. The number of ether oxygens (including phenoxy) is 2. The second-order valence-electron chi connectivity index (χ2n) is 6.98. The molecule has 0 amide bonds. The van der Waals surface area contributed by atoms with Crippen LogP contribution in [0.4, 0.5) is 0 Å². The van der Waals surface area contributed by atoms with Crippen molar-refractivity contribution in [2.75, 3.05) is 27.3 Å². The van der Waals surface area contributed by atoms with E-state index < -0.39 is 0 Å². The standard InChI is InChI=1S/C21H35NO2.BrH/c1-4-5-6-7-8-9-10-11-13-22-14-12-18-15-20(23-2)21(24-3)16-19(18)17-22;/h15-16H,4-14,17H2,1-3H3;1H. The van der Waals surface area contributed by atoms with Crippen molar-refractivity contribution in [3.05, 3.63) is 23.3 Å². The summed E-state index contributed by atoms with van der Waals surface area (Å²) in [6.45, 7) is 5.72. The first kappa shape index (κ1) is 22.3. The molecule has 1 aliphatic rings. The first-order valence-corrected chi connectivity index (χ1v) is 9.74. The Bertz CT molecular complexity index is 493. The molecule has 0 unspecified atom stereocenters. The molecule has 4 heteroatoms. The average Bonchev–Trinajstić information content (AvgIpc) is 2.62. The van der Waals surface area contributed by atoms with E-state index in [1.54, 1.807) is 14.2 Å². The fourth-order valence-corrected chi connectivity index (χ4v) is 3.60. The lowest BCUT2D eigenvalue weighted by atomic mass is 9.98. The van der Waals surface area contributed by atoms with Crippen LogP contribution >= 0.6 is 17.0 Å². The van der Waals surface area contributed by atoms with Crippen LogP contribution in [0.15, 0.2) is 12.1 Å². The first-order chi connectivity index (χ1) is 11.8. The van der Waals surface area contributed by atoms with Crippen molar-refractivity contribution in [1.29, 1.82) is 0 Å². The van der Waals surface area contributed by atoms with Gasteiger partial charge in [-0.2, -0.15) is 0 Å². The molecule has 0 spiro atoms. The van der Waals surface area contributed by atoms with Crippen LogP contribution in [-0.2, 0) is 13.0 Å². The Labute approximate surface area is 164 Å². The van der Waals surface area contributed by atoms with E-state index >= 15 is 0 Å². The fraction of sp³-hybridized carbons (Fsp3) is 0.714. The molecule has 0 N–H and O–H groups in total. The number of nitrogens with zero attached hydrogens (tertiary/aromatic N) is 1. The SMILES string of the molecule is Br.CCCCCCCCCCN1CCc2cc(OC)c(OC)cc2C1. The van der Waals surface area contributed by atoms with Crippen LogP contribution in [0.3, 0.4) is 0 Å². The number of fused-ring (bicyclic) bond motifs is 1. The van der Waals surface area contributed by atoms with Gasteiger partial charge in [0.15, 0.2) is 11.5 Å². The van der Waals surface area contributed by atoms with E-state index in [1.807, 2.05) is 0 Å². The molecular weight excluding hydrogens is 378 g/mol. The van der Waals surface area contributed by atoms with Gasteiger partial charge in [0.2, 0.25) is 0 Å². The highest BCUT2D eigenvalue weighted by Crippen LogP contribution is 2.33. The van der Waals surface area contributed by atoms with Crippen LogP contribution in [0, 0.1) is 0 Å².